The number of aromatic amines is 1. The zero-order valence-corrected chi connectivity index (χ0v) is 14.4. The van der Waals surface area contributed by atoms with Crippen LogP contribution in [0.4, 0.5) is 0 Å². The van der Waals surface area contributed by atoms with Crippen molar-refractivity contribution in [1.82, 2.24) is 15.3 Å². The monoisotopic (exact) mass is 321 g/mol. The summed E-state index contributed by atoms with van der Waals surface area (Å²) in [5, 5.41) is 4.15. The average molecular weight is 321 g/mol. The molecule has 0 unspecified atom stereocenters. The molecule has 0 spiro atoms. The Kier molecular flexibility index (Phi) is 4.38. The SMILES string of the molecule is Cc1ccc2c(CC(=O)NCC(C)(C)c3ccccn3)c[nH]c2c1. The van der Waals surface area contributed by atoms with Gasteiger partial charge in [-0.1, -0.05) is 32.0 Å². The first-order valence-corrected chi connectivity index (χ1v) is 8.20. The maximum atomic E-state index is 12.4. The topological polar surface area (TPSA) is 57.8 Å². The van der Waals surface area contributed by atoms with E-state index >= 15 is 0 Å². The smallest absolute Gasteiger partial charge is 0.224 e. The number of nitrogens with one attached hydrogen (secondary N) is 2. The number of H-pyrrole nitrogens is 1. The van der Waals surface area contributed by atoms with E-state index in [1.165, 1.54) is 5.56 Å². The maximum absolute atomic E-state index is 12.4. The molecule has 0 aliphatic heterocycles. The van der Waals surface area contributed by atoms with Crippen LogP contribution >= 0.6 is 0 Å². The number of fused-ring (bicyclic) bond motifs is 1. The number of aromatic nitrogens is 2. The number of hydrogen-bond acceptors (Lipinski definition) is 2. The summed E-state index contributed by atoms with van der Waals surface area (Å²) in [7, 11) is 0. The van der Waals surface area contributed by atoms with Crippen LogP contribution in [0, 0.1) is 6.92 Å². The molecule has 0 radical (unpaired) electrons. The predicted molar refractivity (Wildman–Crippen MR) is 97.0 cm³/mol. The lowest BCUT2D eigenvalue weighted by atomic mass is 9.88. The molecule has 3 rings (SSSR count). The van der Waals surface area contributed by atoms with E-state index in [1.54, 1.807) is 6.20 Å². The van der Waals surface area contributed by atoms with Crippen molar-refractivity contribution in [3.63, 3.8) is 0 Å². The lowest BCUT2D eigenvalue weighted by Crippen LogP contribution is -2.37. The molecule has 0 aliphatic carbocycles. The highest BCUT2D eigenvalue weighted by atomic mass is 16.1. The number of carbonyl (C=O) groups excluding carboxylic acids is 1. The molecule has 2 N–H and O–H groups in total. The lowest BCUT2D eigenvalue weighted by molar-refractivity contribution is -0.120. The summed E-state index contributed by atoms with van der Waals surface area (Å²) < 4.78 is 0. The molecule has 0 bridgehead atoms. The summed E-state index contributed by atoms with van der Waals surface area (Å²) in [5.74, 6) is 0.0282. The zero-order chi connectivity index (χ0) is 17.2. The number of amides is 1. The van der Waals surface area contributed by atoms with Crippen LogP contribution in [0.15, 0.2) is 48.8 Å². The van der Waals surface area contributed by atoms with Gasteiger partial charge in [-0.3, -0.25) is 9.78 Å². The van der Waals surface area contributed by atoms with Gasteiger partial charge in [0, 0.05) is 41.0 Å². The third kappa shape index (κ3) is 3.48. The molecular weight excluding hydrogens is 298 g/mol. The van der Waals surface area contributed by atoms with E-state index < -0.39 is 0 Å². The molecule has 4 nitrogen and oxygen atoms in total. The molecule has 0 saturated heterocycles. The van der Waals surface area contributed by atoms with E-state index in [2.05, 4.69) is 54.3 Å². The fourth-order valence-electron chi connectivity index (χ4n) is 2.86. The summed E-state index contributed by atoms with van der Waals surface area (Å²) >= 11 is 0. The number of hydrogen-bond donors (Lipinski definition) is 2. The highest BCUT2D eigenvalue weighted by Crippen LogP contribution is 2.21. The van der Waals surface area contributed by atoms with E-state index in [4.69, 9.17) is 0 Å². The van der Waals surface area contributed by atoms with Crippen molar-refractivity contribution in [1.29, 1.82) is 0 Å². The highest BCUT2D eigenvalue weighted by molar-refractivity contribution is 5.89. The second kappa shape index (κ2) is 6.48. The summed E-state index contributed by atoms with van der Waals surface area (Å²) in [6.45, 7) is 6.80. The summed E-state index contributed by atoms with van der Waals surface area (Å²) in [4.78, 5) is 20.0. The van der Waals surface area contributed by atoms with Crippen LogP contribution in [0.25, 0.3) is 10.9 Å². The number of aryl methyl sites for hydroxylation is 1. The molecule has 124 valence electrons. The van der Waals surface area contributed by atoms with Gasteiger partial charge in [-0.25, -0.2) is 0 Å². The van der Waals surface area contributed by atoms with Crippen molar-refractivity contribution < 1.29 is 4.79 Å². The van der Waals surface area contributed by atoms with Gasteiger partial charge < -0.3 is 10.3 Å². The fourth-order valence-corrected chi connectivity index (χ4v) is 2.86. The van der Waals surface area contributed by atoms with Gasteiger partial charge in [0.2, 0.25) is 5.91 Å². The molecule has 2 heterocycles. The van der Waals surface area contributed by atoms with Gasteiger partial charge in [0.1, 0.15) is 0 Å². The van der Waals surface area contributed by atoms with E-state index in [-0.39, 0.29) is 11.3 Å². The van der Waals surface area contributed by atoms with Crippen LogP contribution in [0.2, 0.25) is 0 Å². The molecule has 1 amide bonds. The highest BCUT2D eigenvalue weighted by Gasteiger charge is 2.22. The minimum atomic E-state index is -0.200. The first-order chi connectivity index (χ1) is 11.5. The molecule has 1 aromatic carbocycles. The summed E-state index contributed by atoms with van der Waals surface area (Å²) in [6.07, 6.45) is 4.09. The Balaban J connectivity index is 1.65. The van der Waals surface area contributed by atoms with Crippen molar-refractivity contribution in [2.75, 3.05) is 6.54 Å². The standard InChI is InChI=1S/C20H23N3O/c1-14-7-8-16-15(12-22-17(16)10-14)11-19(24)23-13-20(2,3)18-6-4-5-9-21-18/h4-10,12,22H,11,13H2,1-3H3,(H,23,24). The second-order valence-electron chi connectivity index (χ2n) is 6.92. The minimum Gasteiger partial charge on any atom is -0.361 e. The Bertz CT molecular complexity index is 850. The number of pyridine rings is 1. The van der Waals surface area contributed by atoms with Crippen molar-refractivity contribution >= 4 is 16.8 Å². The van der Waals surface area contributed by atoms with Crippen LogP contribution in [-0.2, 0) is 16.6 Å². The first kappa shape index (κ1) is 16.2. The average Bonchev–Trinajstić information content (AvgIpc) is 2.96. The fraction of sp³-hybridized carbons (Fsp3) is 0.300. The van der Waals surface area contributed by atoms with Crippen LogP contribution in [0.3, 0.4) is 0 Å². The van der Waals surface area contributed by atoms with Gasteiger partial charge in [0.05, 0.1) is 6.42 Å². The van der Waals surface area contributed by atoms with Crippen LogP contribution < -0.4 is 5.32 Å². The Morgan fingerprint density at radius 2 is 2.08 bits per heavy atom. The van der Waals surface area contributed by atoms with Crippen molar-refractivity contribution in [2.24, 2.45) is 0 Å². The van der Waals surface area contributed by atoms with Gasteiger partial charge in [0.25, 0.3) is 0 Å². The molecule has 3 aromatic rings. The second-order valence-corrected chi connectivity index (χ2v) is 6.92. The van der Waals surface area contributed by atoms with E-state index in [1.807, 2.05) is 24.4 Å². The number of benzene rings is 1. The third-order valence-electron chi connectivity index (χ3n) is 4.36. The lowest BCUT2D eigenvalue weighted by Gasteiger charge is -2.24. The van der Waals surface area contributed by atoms with E-state index in [0.717, 1.165) is 22.2 Å². The Labute approximate surface area is 142 Å². The summed E-state index contributed by atoms with van der Waals surface area (Å²) in [6, 6.07) is 12.1. The minimum absolute atomic E-state index is 0.0282. The van der Waals surface area contributed by atoms with Gasteiger partial charge in [-0.2, -0.15) is 0 Å². The quantitative estimate of drug-likeness (QED) is 0.755. The third-order valence-corrected chi connectivity index (χ3v) is 4.36. The number of carbonyl (C=O) groups is 1. The molecule has 0 atom stereocenters. The molecule has 4 heteroatoms. The van der Waals surface area contributed by atoms with E-state index in [9.17, 15) is 4.79 Å². The van der Waals surface area contributed by atoms with Gasteiger partial charge in [-0.05, 0) is 36.2 Å². The Morgan fingerprint density at radius 1 is 1.25 bits per heavy atom. The van der Waals surface area contributed by atoms with Crippen LogP contribution in [-0.4, -0.2) is 22.4 Å². The number of nitrogens with zero attached hydrogens (tertiary/aromatic N) is 1. The summed E-state index contributed by atoms with van der Waals surface area (Å²) in [5.41, 5.74) is 4.09. The van der Waals surface area contributed by atoms with Crippen LogP contribution in [0.1, 0.15) is 30.7 Å². The van der Waals surface area contributed by atoms with Crippen LogP contribution in [0.5, 0.6) is 0 Å². The Hall–Kier alpha value is -2.62. The van der Waals surface area contributed by atoms with Gasteiger partial charge in [0.15, 0.2) is 0 Å². The zero-order valence-electron chi connectivity index (χ0n) is 14.4. The first-order valence-electron chi connectivity index (χ1n) is 8.20. The normalized spacial score (nSPS) is 11.6. The van der Waals surface area contributed by atoms with Crippen molar-refractivity contribution in [3.05, 3.63) is 65.6 Å². The van der Waals surface area contributed by atoms with Crippen molar-refractivity contribution in [3.8, 4) is 0 Å². The van der Waals surface area contributed by atoms with Crippen molar-refractivity contribution in [2.45, 2.75) is 32.6 Å². The molecule has 2 aromatic heterocycles. The van der Waals surface area contributed by atoms with Gasteiger partial charge in [-0.15, -0.1) is 0 Å². The number of rotatable bonds is 5. The molecule has 0 saturated carbocycles. The predicted octanol–water partition coefficient (Wildman–Crippen LogP) is 3.51. The molecule has 0 fully saturated rings. The van der Waals surface area contributed by atoms with E-state index in [0.29, 0.717) is 13.0 Å². The van der Waals surface area contributed by atoms with Gasteiger partial charge >= 0.3 is 0 Å². The molecular formula is C20H23N3O. The Morgan fingerprint density at radius 3 is 2.83 bits per heavy atom. The maximum Gasteiger partial charge on any atom is 0.224 e. The molecule has 24 heavy (non-hydrogen) atoms. The molecule has 0 aliphatic rings. The largest absolute Gasteiger partial charge is 0.361 e.